The Labute approximate surface area is 115 Å². The Morgan fingerprint density at radius 1 is 1.42 bits per heavy atom. The molecule has 0 aliphatic heterocycles. The Morgan fingerprint density at radius 3 is 2.84 bits per heavy atom. The van der Waals surface area contributed by atoms with Gasteiger partial charge in [-0.15, -0.1) is 0 Å². The second-order valence-corrected chi connectivity index (χ2v) is 4.45. The lowest BCUT2D eigenvalue weighted by molar-refractivity contribution is -0.385. The number of halogens is 1. The molecule has 2 aromatic rings. The lowest BCUT2D eigenvalue weighted by atomic mass is 10.2. The molecule has 0 radical (unpaired) electrons. The van der Waals surface area contributed by atoms with Crippen LogP contribution in [-0.2, 0) is 20.1 Å². The number of nitro benzene ring substituents is 1. The van der Waals surface area contributed by atoms with Gasteiger partial charge in [-0.1, -0.05) is 17.7 Å². The maximum atomic E-state index is 10.9. The number of aromatic nitrogens is 2. The van der Waals surface area contributed by atoms with Gasteiger partial charge in [0, 0.05) is 32.4 Å². The molecule has 0 bridgehead atoms. The summed E-state index contributed by atoms with van der Waals surface area (Å²) >= 11 is 6.00. The van der Waals surface area contributed by atoms with Crippen LogP contribution in [0.5, 0.6) is 0 Å². The average molecular weight is 281 g/mol. The van der Waals surface area contributed by atoms with Crippen LogP contribution in [0.3, 0.4) is 0 Å². The van der Waals surface area contributed by atoms with Crippen LogP contribution in [0.1, 0.15) is 11.3 Å². The molecule has 0 saturated heterocycles. The van der Waals surface area contributed by atoms with Crippen LogP contribution in [0.15, 0.2) is 30.5 Å². The lowest BCUT2D eigenvalue weighted by Gasteiger charge is -2.07. The molecule has 0 atom stereocenters. The van der Waals surface area contributed by atoms with E-state index in [9.17, 15) is 10.1 Å². The molecule has 100 valence electrons. The zero-order valence-electron chi connectivity index (χ0n) is 10.3. The fourth-order valence-electron chi connectivity index (χ4n) is 1.78. The molecule has 7 heteroatoms. The molecule has 0 amide bonds. The van der Waals surface area contributed by atoms with Crippen LogP contribution >= 0.6 is 11.6 Å². The molecule has 1 N–H and O–H groups in total. The lowest BCUT2D eigenvalue weighted by Crippen LogP contribution is -2.16. The summed E-state index contributed by atoms with van der Waals surface area (Å²) in [6.45, 7) is 0.903. The van der Waals surface area contributed by atoms with E-state index in [2.05, 4.69) is 10.4 Å². The van der Waals surface area contributed by atoms with Crippen LogP contribution in [0.4, 0.5) is 5.69 Å². The molecule has 19 heavy (non-hydrogen) atoms. The van der Waals surface area contributed by atoms with Crippen molar-refractivity contribution in [2.75, 3.05) is 0 Å². The first-order valence-electron chi connectivity index (χ1n) is 5.69. The van der Waals surface area contributed by atoms with Crippen LogP contribution in [0, 0.1) is 10.1 Å². The molecule has 0 spiro atoms. The molecule has 0 fully saturated rings. The van der Waals surface area contributed by atoms with Crippen LogP contribution in [0.25, 0.3) is 0 Å². The molecule has 0 aliphatic rings. The maximum absolute atomic E-state index is 10.9. The molecule has 0 saturated carbocycles. The Morgan fingerprint density at radius 2 is 2.21 bits per heavy atom. The highest BCUT2D eigenvalue weighted by Gasteiger charge is 2.15. The first kappa shape index (κ1) is 13.5. The maximum Gasteiger partial charge on any atom is 0.275 e. The number of rotatable bonds is 5. The van der Waals surface area contributed by atoms with Crippen LogP contribution in [0.2, 0.25) is 5.02 Å². The van der Waals surface area contributed by atoms with Gasteiger partial charge in [0.1, 0.15) is 0 Å². The Balaban J connectivity index is 2.07. The van der Waals surface area contributed by atoms with E-state index in [-0.39, 0.29) is 5.69 Å². The van der Waals surface area contributed by atoms with Gasteiger partial charge >= 0.3 is 0 Å². The molecular weight excluding hydrogens is 268 g/mol. The first-order valence-corrected chi connectivity index (χ1v) is 6.06. The minimum Gasteiger partial charge on any atom is -0.307 e. The summed E-state index contributed by atoms with van der Waals surface area (Å²) in [4.78, 5) is 10.5. The number of benzene rings is 1. The van der Waals surface area contributed by atoms with Crippen LogP contribution < -0.4 is 5.32 Å². The predicted octanol–water partition coefficient (Wildman–Crippen LogP) is 2.27. The first-order chi connectivity index (χ1) is 9.09. The SMILES string of the molecule is Cn1nccc1CNCc1c(Cl)cccc1[N+](=O)[O-]. The molecular formula is C12H13ClN4O2. The summed E-state index contributed by atoms with van der Waals surface area (Å²) in [6, 6.07) is 6.56. The quantitative estimate of drug-likeness (QED) is 0.673. The average Bonchev–Trinajstić information content (AvgIpc) is 2.77. The van der Waals surface area contributed by atoms with E-state index in [1.54, 1.807) is 23.0 Å². The Kier molecular flexibility index (Phi) is 4.13. The van der Waals surface area contributed by atoms with Gasteiger partial charge in [-0.2, -0.15) is 5.10 Å². The van der Waals surface area contributed by atoms with Gasteiger partial charge in [0.15, 0.2) is 0 Å². The summed E-state index contributed by atoms with van der Waals surface area (Å²) in [5.74, 6) is 0. The fraction of sp³-hybridized carbons (Fsp3) is 0.250. The standard InChI is InChI=1S/C12H13ClN4O2/c1-16-9(5-6-15-16)7-14-8-10-11(13)3-2-4-12(10)17(18)19/h2-6,14H,7-8H2,1H3. The smallest absolute Gasteiger partial charge is 0.275 e. The third-order valence-corrected chi connectivity index (χ3v) is 3.18. The van der Waals surface area contributed by atoms with E-state index in [1.165, 1.54) is 6.07 Å². The molecule has 6 nitrogen and oxygen atoms in total. The van der Waals surface area contributed by atoms with Gasteiger partial charge in [0.25, 0.3) is 5.69 Å². The fourth-order valence-corrected chi connectivity index (χ4v) is 2.02. The van der Waals surface area contributed by atoms with Gasteiger partial charge in [0.05, 0.1) is 21.2 Å². The minimum atomic E-state index is -0.424. The normalized spacial score (nSPS) is 10.6. The van der Waals surface area contributed by atoms with E-state index < -0.39 is 4.92 Å². The second kappa shape index (κ2) is 5.81. The number of nitrogens with one attached hydrogen (secondary N) is 1. The van der Waals surface area contributed by atoms with Crippen molar-refractivity contribution in [1.29, 1.82) is 0 Å². The van der Waals surface area contributed by atoms with Gasteiger partial charge < -0.3 is 5.32 Å². The minimum absolute atomic E-state index is 0.0324. The molecule has 1 aromatic carbocycles. The Bertz CT molecular complexity index is 597. The van der Waals surface area contributed by atoms with Gasteiger partial charge in [-0.3, -0.25) is 14.8 Å². The molecule has 0 unspecified atom stereocenters. The van der Waals surface area contributed by atoms with E-state index >= 15 is 0 Å². The van der Waals surface area contributed by atoms with Gasteiger partial charge in [-0.05, 0) is 12.1 Å². The van der Waals surface area contributed by atoms with Crippen molar-refractivity contribution in [3.8, 4) is 0 Å². The highest BCUT2D eigenvalue weighted by atomic mass is 35.5. The van der Waals surface area contributed by atoms with Gasteiger partial charge in [-0.25, -0.2) is 0 Å². The van der Waals surface area contributed by atoms with Crippen molar-refractivity contribution in [3.05, 3.63) is 56.9 Å². The highest BCUT2D eigenvalue weighted by molar-refractivity contribution is 6.31. The monoisotopic (exact) mass is 280 g/mol. The molecule has 2 rings (SSSR count). The Hall–Kier alpha value is -1.92. The number of hydrogen-bond donors (Lipinski definition) is 1. The predicted molar refractivity (Wildman–Crippen MR) is 71.9 cm³/mol. The van der Waals surface area contributed by atoms with Crippen molar-refractivity contribution < 1.29 is 4.92 Å². The highest BCUT2D eigenvalue weighted by Crippen LogP contribution is 2.25. The number of nitrogens with zero attached hydrogens (tertiary/aromatic N) is 3. The number of nitro groups is 1. The van der Waals surface area contributed by atoms with E-state index in [4.69, 9.17) is 11.6 Å². The van der Waals surface area contributed by atoms with Crippen molar-refractivity contribution in [2.45, 2.75) is 13.1 Å². The van der Waals surface area contributed by atoms with Crippen molar-refractivity contribution >= 4 is 17.3 Å². The summed E-state index contributed by atoms with van der Waals surface area (Å²) in [5.41, 5.74) is 1.52. The van der Waals surface area contributed by atoms with Crippen molar-refractivity contribution in [1.82, 2.24) is 15.1 Å². The summed E-state index contributed by atoms with van der Waals surface area (Å²) in [7, 11) is 1.84. The third-order valence-electron chi connectivity index (χ3n) is 2.82. The zero-order valence-corrected chi connectivity index (χ0v) is 11.1. The van der Waals surface area contributed by atoms with Crippen LogP contribution in [-0.4, -0.2) is 14.7 Å². The second-order valence-electron chi connectivity index (χ2n) is 4.04. The molecule has 1 aromatic heterocycles. The summed E-state index contributed by atoms with van der Waals surface area (Å²) in [6.07, 6.45) is 1.70. The zero-order chi connectivity index (χ0) is 13.8. The molecule has 0 aliphatic carbocycles. The van der Waals surface area contributed by atoms with Gasteiger partial charge in [0.2, 0.25) is 0 Å². The topological polar surface area (TPSA) is 73.0 Å². The van der Waals surface area contributed by atoms with E-state index in [0.29, 0.717) is 23.7 Å². The van der Waals surface area contributed by atoms with Crippen molar-refractivity contribution in [3.63, 3.8) is 0 Å². The third kappa shape index (κ3) is 3.10. The molecule has 1 heterocycles. The largest absolute Gasteiger partial charge is 0.307 e. The number of hydrogen-bond acceptors (Lipinski definition) is 4. The van der Waals surface area contributed by atoms with E-state index in [1.807, 2.05) is 13.1 Å². The van der Waals surface area contributed by atoms with Crippen molar-refractivity contribution in [2.24, 2.45) is 7.05 Å². The summed E-state index contributed by atoms with van der Waals surface area (Å²) in [5, 5.41) is 18.5. The van der Waals surface area contributed by atoms with E-state index in [0.717, 1.165) is 5.69 Å². The summed E-state index contributed by atoms with van der Waals surface area (Å²) < 4.78 is 1.74. The number of aryl methyl sites for hydroxylation is 1.